The van der Waals surface area contributed by atoms with Gasteiger partial charge in [0.2, 0.25) is 0 Å². The fourth-order valence-electron chi connectivity index (χ4n) is 2.12. The highest BCUT2D eigenvalue weighted by Gasteiger charge is 2.11. The van der Waals surface area contributed by atoms with Crippen molar-refractivity contribution in [2.75, 3.05) is 13.7 Å². The molecule has 0 atom stereocenters. The molecule has 0 aromatic heterocycles. The van der Waals surface area contributed by atoms with Gasteiger partial charge in [0.25, 0.3) is 0 Å². The van der Waals surface area contributed by atoms with E-state index in [-0.39, 0.29) is 6.10 Å². The highest BCUT2D eigenvalue weighted by molar-refractivity contribution is 6.31. The first-order valence-electron chi connectivity index (χ1n) is 7.82. The van der Waals surface area contributed by atoms with Crippen LogP contribution in [0.25, 0.3) is 0 Å². The minimum absolute atomic E-state index is 0.0949. The third-order valence-electron chi connectivity index (χ3n) is 3.22. The molecule has 0 saturated heterocycles. The van der Waals surface area contributed by atoms with E-state index in [4.69, 9.17) is 21.1 Å². The summed E-state index contributed by atoms with van der Waals surface area (Å²) < 4.78 is 11.1. The van der Waals surface area contributed by atoms with Gasteiger partial charge in [-0.1, -0.05) is 37.8 Å². The number of hydrogen-bond acceptors (Lipinski definition) is 3. The quantitative estimate of drug-likeness (QED) is 0.629. The lowest BCUT2D eigenvalue weighted by molar-refractivity contribution is 0.230. The van der Waals surface area contributed by atoms with Crippen molar-refractivity contribution >= 4 is 11.6 Å². The zero-order chi connectivity index (χ0) is 15.7. The van der Waals surface area contributed by atoms with E-state index >= 15 is 0 Å². The number of halogens is 1. The van der Waals surface area contributed by atoms with E-state index in [0.717, 1.165) is 24.4 Å². The number of hydrogen-bond donors (Lipinski definition) is 1. The van der Waals surface area contributed by atoms with Crippen molar-refractivity contribution in [3.8, 4) is 11.5 Å². The Morgan fingerprint density at radius 3 is 2.52 bits per heavy atom. The molecule has 0 radical (unpaired) electrons. The summed E-state index contributed by atoms with van der Waals surface area (Å²) >= 11 is 6.33. The molecule has 0 saturated carbocycles. The molecule has 0 amide bonds. The Balaban J connectivity index is 2.58. The Kier molecular flexibility index (Phi) is 8.55. The molecule has 21 heavy (non-hydrogen) atoms. The van der Waals surface area contributed by atoms with Crippen molar-refractivity contribution in [1.29, 1.82) is 0 Å². The van der Waals surface area contributed by atoms with Gasteiger partial charge in [0, 0.05) is 17.6 Å². The van der Waals surface area contributed by atoms with Crippen LogP contribution in [0.1, 0.15) is 52.0 Å². The Hall–Kier alpha value is -0.930. The number of ether oxygens (including phenoxy) is 2. The summed E-state index contributed by atoms with van der Waals surface area (Å²) in [5.74, 6) is 1.43. The van der Waals surface area contributed by atoms with Crippen LogP contribution >= 0.6 is 11.6 Å². The third kappa shape index (κ3) is 6.58. The van der Waals surface area contributed by atoms with Crippen LogP contribution in [0.3, 0.4) is 0 Å². The van der Waals surface area contributed by atoms with E-state index in [1.54, 1.807) is 7.11 Å². The standard InChI is InChI=1S/C17H28ClNO2/c1-5-6-7-8-9-19-12-14-10-16(20-4)17(11-15(14)18)21-13(2)3/h10-11,13,19H,5-9,12H2,1-4H3. The monoisotopic (exact) mass is 313 g/mol. The largest absolute Gasteiger partial charge is 0.493 e. The van der Waals surface area contributed by atoms with E-state index in [1.165, 1.54) is 25.7 Å². The number of nitrogens with one attached hydrogen (secondary N) is 1. The summed E-state index contributed by atoms with van der Waals surface area (Å²) in [5, 5.41) is 4.15. The summed E-state index contributed by atoms with van der Waals surface area (Å²) in [4.78, 5) is 0. The normalized spacial score (nSPS) is 11.0. The summed E-state index contributed by atoms with van der Waals surface area (Å²) in [6.45, 7) is 7.96. The smallest absolute Gasteiger partial charge is 0.163 e. The van der Waals surface area contributed by atoms with Gasteiger partial charge in [0.15, 0.2) is 11.5 Å². The second kappa shape index (κ2) is 9.91. The molecule has 0 aliphatic heterocycles. The second-order valence-electron chi connectivity index (χ2n) is 5.50. The van der Waals surface area contributed by atoms with Crippen molar-refractivity contribution in [2.24, 2.45) is 0 Å². The lowest BCUT2D eigenvalue weighted by Gasteiger charge is -2.16. The van der Waals surface area contributed by atoms with E-state index in [2.05, 4.69) is 12.2 Å². The van der Waals surface area contributed by atoms with Gasteiger partial charge in [-0.2, -0.15) is 0 Å². The molecule has 4 heteroatoms. The van der Waals surface area contributed by atoms with Crippen LogP contribution in [0.4, 0.5) is 0 Å². The molecule has 0 unspecified atom stereocenters. The second-order valence-corrected chi connectivity index (χ2v) is 5.91. The van der Waals surface area contributed by atoms with Crippen LogP contribution < -0.4 is 14.8 Å². The van der Waals surface area contributed by atoms with Crippen LogP contribution in [0, 0.1) is 0 Å². The molecule has 120 valence electrons. The molecule has 0 heterocycles. The van der Waals surface area contributed by atoms with E-state index in [0.29, 0.717) is 10.8 Å². The molecule has 0 fully saturated rings. The molecule has 1 rings (SSSR count). The van der Waals surface area contributed by atoms with Gasteiger partial charge >= 0.3 is 0 Å². The number of rotatable bonds is 10. The van der Waals surface area contributed by atoms with E-state index < -0.39 is 0 Å². The summed E-state index contributed by atoms with van der Waals surface area (Å²) in [6, 6.07) is 3.80. The van der Waals surface area contributed by atoms with Gasteiger partial charge in [0.05, 0.1) is 13.2 Å². The van der Waals surface area contributed by atoms with Crippen LogP contribution in [0.5, 0.6) is 11.5 Å². The molecule has 1 aromatic carbocycles. The van der Waals surface area contributed by atoms with Gasteiger partial charge in [0.1, 0.15) is 0 Å². The fraction of sp³-hybridized carbons (Fsp3) is 0.647. The van der Waals surface area contributed by atoms with Gasteiger partial charge in [-0.3, -0.25) is 0 Å². The Morgan fingerprint density at radius 1 is 1.14 bits per heavy atom. The number of benzene rings is 1. The highest BCUT2D eigenvalue weighted by atomic mass is 35.5. The SMILES string of the molecule is CCCCCCNCc1cc(OC)c(OC(C)C)cc1Cl. The highest BCUT2D eigenvalue weighted by Crippen LogP contribution is 2.34. The molecule has 0 aliphatic rings. The van der Waals surface area contributed by atoms with E-state index in [1.807, 2.05) is 26.0 Å². The van der Waals surface area contributed by atoms with Crippen LogP contribution in [-0.4, -0.2) is 19.8 Å². The fourth-order valence-corrected chi connectivity index (χ4v) is 2.34. The zero-order valence-electron chi connectivity index (χ0n) is 13.7. The van der Waals surface area contributed by atoms with Crippen molar-refractivity contribution in [2.45, 2.75) is 59.1 Å². The average molecular weight is 314 g/mol. The van der Waals surface area contributed by atoms with Crippen LogP contribution in [-0.2, 0) is 6.54 Å². The van der Waals surface area contributed by atoms with Gasteiger partial charge in [-0.15, -0.1) is 0 Å². The van der Waals surface area contributed by atoms with Gasteiger partial charge in [-0.05, 0) is 38.4 Å². The first kappa shape index (κ1) is 18.1. The molecule has 1 aromatic rings. The maximum absolute atomic E-state index is 6.33. The lowest BCUT2D eigenvalue weighted by Crippen LogP contribution is -2.15. The zero-order valence-corrected chi connectivity index (χ0v) is 14.4. The number of methoxy groups -OCH3 is 1. The molecule has 1 N–H and O–H groups in total. The van der Waals surface area contributed by atoms with Crippen molar-refractivity contribution < 1.29 is 9.47 Å². The Labute approximate surface area is 134 Å². The average Bonchev–Trinajstić information content (AvgIpc) is 2.44. The first-order chi connectivity index (χ1) is 10.1. The predicted octanol–water partition coefficient (Wildman–Crippen LogP) is 4.81. The lowest BCUT2D eigenvalue weighted by atomic mass is 10.1. The van der Waals surface area contributed by atoms with Crippen molar-refractivity contribution in [3.05, 3.63) is 22.7 Å². The third-order valence-corrected chi connectivity index (χ3v) is 3.57. The molecule has 0 aliphatic carbocycles. The summed E-state index contributed by atoms with van der Waals surface area (Å²) in [7, 11) is 1.65. The minimum Gasteiger partial charge on any atom is -0.493 e. The first-order valence-corrected chi connectivity index (χ1v) is 8.20. The molecule has 0 spiro atoms. The van der Waals surface area contributed by atoms with Crippen LogP contribution in [0.2, 0.25) is 5.02 Å². The molecular formula is C17H28ClNO2. The maximum Gasteiger partial charge on any atom is 0.163 e. The Bertz CT molecular complexity index is 421. The molecule has 3 nitrogen and oxygen atoms in total. The van der Waals surface area contributed by atoms with E-state index in [9.17, 15) is 0 Å². The van der Waals surface area contributed by atoms with Crippen LogP contribution in [0.15, 0.2) is 12.1 Å². The Morgan fingerprint density at radius 2 is 1.90 bits per heavy atom. The topological polar surface area (TPSA) is 30.5 Å². The number of unbranched alkanes of at least 4 members (excludes halogenated alkanes) is 3. The van der Waals surface area contributed by atoms with Crippen molar-refractivity contribution in [3.63, 3.8) is 0 Å². The summed E-state index contributed by atoms with van der Waals surface area (Å²) in [6.07, 6.45) is 5.15. The molecule has 0 bridgehead atoms. The minimum atomic E-state index is 0.0949. The van der Waals surface area contributed by atoms with Gasteiger partial charge in [-0.25, -0.2) is 0 Å². The van der Waals surface area contributed by atoms with Gasteiger partial charge < -0.3 is 14.8 Å². The maximum atomic E-state index is 6.33. The molecular weight excluding hydrogens is 286 g/mol. The predicted molar refractivity (Wildman–Crippen MR) is 89.6 cm³/mol. The van der Waals surface area contributed by atoms with Crippen molar-refractivity contribution in [1.82, 2.24) is 5.32 Å². The summed E-state index contributed by atoms with van der Waals surface area (Å²) in [5.41, 5.74) is 1.04.